The predicted molar refractivity (Wildman–Crippen MR) is 116 cm³/mol. The van der Waals surface area contributed by atoms with Crippen molar-refractivity contribution in [1.29, 1.82) is 0 Å². The van der Waals surface area contributed by atoms with Crippen molar-refractivity contribution in [1.82, 2.24) is 4.72 Å². The smallest absolute Gasteiger partial charge is 0.338 e. The number of hydrogen-bond donors (Lipinski definition) is 2. The first-order valence-corrected chi connectivity index (χ1v) is 10.9. The molecule has 1 atom stereocenters. The number of sulfonamides is 1. The molecule has 0 radical (unpaired) electrons. The summed E-state index contributed by atoms with van der Waals surface area (Å²) in [5.41, 5.74) is 1.57. The lowest BCUT2D eigenvalue weighted by atomic mass is 10.2. The van der Waals surface area contributed by atoms with Crippen molar-refractivity contribution in [2.24, 2.45) is 0 Å². The number of ether oxygens (including phenoxy) is 1. The van der Waals surface area contributed by atoms with E-state index in [0.29, 0.717) is 11.3 Å². The molecule has 0 aliphatic rings. The number of nitrogens with zero attached hydrogens (tertiary/aromatic N) is 1. The maximum absolute atomic E-state index is 12.4. The van der Waals surface area contributed by atoms with E-state index in [4.69, 9.17) is 4.74 Å². The van der Waals surface area contributed by atoms with Gasteiger partial charge in [0.2, 0.25) is 10.0 Å². The molecule has 2 N–H and O–H groups in total. The number of esters is 1. The van der Waals surface area contributed by atoms with Crippen LogP contribution < -0.4 is 14.9 Å². The van der Waals surface area contributed by atoms with E-state index in [0.717, 1.165) is 5.69 Å². The molecular formula is C21H27N3O5S. The van der Waals surface area contributed by atoms with E-state index in [2.05, 4.69) is 10.0 Å². The van der Waals surface area contributed by atoms with Crippen molar-refractivity contribution in [3.8, 4) is 0 Å². The summed E-state index contributed by atoms with van der Waals surface area (Å²) < 4.78 is 32.0. The number of amides is 1. The maximum atomic E-state index is 12.4. The number of benzene rings is 2. The molecular weight excluding hydrogens is 406 g/mol. The molecule has 8 nitrogen and oxygen atoms in total. The van der Waals surface area contributed by atoms with Gasteiger partial charge in [0.25, 0.3) is 5.91 Å². The molecule has 30 heavy (non-hydrogen) atoms. The zero-order chi connectivity index (χ0) is 22.5. The van der Waals surface area contributed by atoms with Crippen molar-refractivity contribution in [3.05, 3.63) is 54.1 Å². The van der Waals surface area contributed by atoms with Crippen LogP contribution in [0.4, 0.5) is 11.4 Å². The third-order valence-electron chi connectivity index (χ3n) is 4.07. The van der Waals surface area contributed by atoms with Gasteiger partial charge in [0, 0.05) is 31.5 Å². The summed E-state index contributed by atoms with van der Waals surface area (Å²) >= 11 is 0. The van der Waals surface area contributed by atoms with E-state index in [-0.39, 0.29) is 10.9 Å². The third kappa shape index (κ3) is 6.30. The van der Waals surface area contributed by atoms with Crippen LogP contribution in [0.25, 0.3) is 0 Å². The van der Waals surface area contributed by atoms with Gasteiger partial charge in [-0.15, -0.1) is 0 Å². The highest BCUT2D eigenvalue weighted by atomic mass is 32.2. The Balaban J connectivity index is 2.00. The topological polar surface area (TPSA) is 105 Å². The van der Waals surface area contributed by atoms with Crippen LogP contribution in [-0.4, -0.2) is 46.5 Å². The Labute approximate surface area is 177 Å². The Bertz CT molecular complexity index is 1000. The van der Waals surface area contributed by atoms with Crippen molar-refractivity contribution in [3.63, 3.8) is 0 Å². The van der Waals surface area contributed by atoms with E-state index in [1.807, 2.05) is 25.1 Å². The molecule has 1 unspecified atom stereocenters. The summed E-state index contributed by atoms with van der Waals surface area (Å²) in [4.78, 5) is 26.6. The second-order valence-electron chi connectivity index (χ2n) is 7.28. The van der Waals surface area contributed by atoms with Crippen LogP contribution in [0, 0.1) is 0 Å². The minimum Gasteiger partial charge on any atom is -0.449 e. The molecule has 9 heteroatoms. The number of rotatable bonds is 8. The van der Waals surface area contributed by atoms with Crippen molar-refractivity contribution in [2.45, 2.75) is 37.8 Å². The third-order valence-corrected chi connectivity index (χ3v) is 5.75. The standard InChI is InChI=1S/C21H27N3O5S/c1-14(2)23-30(27,28)19-11-9-17(10-12-19)22-20(25)15(3)29-21(26)16-7-6-8-18(13-16)24(4)5/h6-15,23H,1-5H3,(H,22,25). The fraction of sp³-hybridized carbons (Fsp3) is 0.333. The molecule has 2 aromatic rings. The van der Waals surface area contributed by atoms with Crippen molar-refractivity contribution < 1.29 is 22.7 Å². The summed E-state index contributed by atoms with van der Waals surface area (Å²) in [6.07, 6.45) is -1.04. The Kier molecular flexibility index (Phi) is 7.58. The molecule has 0 bridgehead atoms. The van der Waals surface area contributed by atoms with E-state index in [1.54, 1.807) is 32.0 Å². The highest BCUT2D eigenvalue weighted by Gasteiger charge is 2.20. The SMILES string of the molecule is CC(C)NS(=O)(=O)c1ccc(NC(=O)C(C)OC(=O)c2cccc(N(C)C)c2)cc1. The zero-order valence-electron chi connectivity index (χ0n) is 17.7. The van der Waals surface area contributed by atoms with Crippen LogP contribution in [0.5, 0.6) is 0 Å². The first-order chi connectivity index (χ1) is 14.0. The van der Waals surface area contributed by atoms with E-state index in [1.165, 1.54) is 31.2 Å². The van der Waals surface area contributed by atoms with Crippen LogP contribution in [0.1, 0.15) is 31.1 Å². The second kappa shape index (κ2) is 9.73. The van der Waals surface area contributed by atoms with Crippen LogP contribution in [0.2, 0.25) is 0 Å². The predicted octanol–water partition coefficient (Wildman–Crippen LogP) is 2.62. The Morgan fingerprint density at radius 2 is 1.63 bits per heavy atom. The zero-order valence-corrected chi connectivity index (χ0v) is 18.5. The van der Waals surface area contributed by atoms with Gasteiger partial charge in [0.1, 0.15) is 0 Å². The van der Waals surface area contributed by atoms with Gasteiger partial charge in [0.15, 0.2) is 6.10 Å². The lowest BCUT2D eigenvalue weighted by Gasteiger charge is -2.16. The van der Waals surface area contributed by atoms with Crippen LogP contribution in [-0.2, 0) is 19.6 Å². The van der Waals surface area contributed by atoms with E-state index < -0.39 is 28.0 Å². The molecule has 0 saturated heterocycles. The molecule has 0 aliphatic carbocycles. The van der Waals surface area contributed by atoms with Crippen LogP contribution >= 0.6 is 0 Å². The van der Waals surface area contributed by atoms with Gasteiger partial charge in [-0.25, -0.2) is 17.9 Å². The molecule has 2 rings (SSSR count). The normalized spacial score (nSPS) is 12.3. The molecule has 0 aliphatic heterocycles. The number of anilines is 2. The quantitative estimate of drug-likeness (QED) is 0.620. The fourth-order valence-electron chi connectivity index (χ4n) is 2.53. The summed E-state index contributed by atoms with van der Waals surface area (Å²) in [5.74, 6) is -1.13. The van der Waals surface area contributed by atoms with E-state index >= 15 is 0 Å². The molecule has 0 fully saturated rings. The van der Waals surface area contributed by atoms with Gasteiger partial charge in [0.05, 0.1) is 10.5 Å². The highest BCUT2D eigenvalue weighted by molar-refractivity contribution is 7.89. The number of nitrogens with one attached hydrogen (secondary N) is 2. The van der Waals surface area contributed by atoms with Gasteiger partial charge in [-0.1, -0.05) is 6.07 Å². The van der Waals surface area contributed by atoms with Gasteiger partial charge in [-0.2, -0.15) is 0 Å². The minimum absolute atomic E-state index is 0.0921. The largest absolute Gasteiger partial charge is 0.449 e. The molecule has 0 heterocycles. The molecule has 1 amide bonds. The van der Waals surface area contributed by atoms with Gasteiger partial charge in [-0.3, -0.25) is 4.79 Å². The monoisotopic (exact) mass is 433 g/mol. The van der Waals surface area contributed by atoms with Crippen molar-refractivity contribution in [2.75, 3.05) is 24.3 Å². The lowest BCUT2D eigenvalue weighted by Crippen LogP contribution is -2.30. The van der Waals surface area contributed by atoms with Gasteiger partial charge >= 0.3 is 5.97 Å². The lowest BCUT2D eigenvalue weighted by molar-refractivity contribution is -0.123. The van der Waals surface area contributed by atoms with Gasteiger partial charge < -0.3 is 15.0 Å². The molecule has 0 spiro atoms. The summed E-state index contributed by atoms with van der Waals surface area (Å²) in [6, 6.07) is 12.4. The highest BCUT2D eigenvalue weighted by Crippen LogP contribution is 2.17. The average Bonchev–Trinajstić information content (AvgIpc) is 2.67. The number of carbonyl (C=O) groups is 2. The number of carbonyl (C=O) groups excluding carboxylic acids is 2. The fourth-order valence-corrected chi connectivity index (χ4v) is 3.78. The van der Waals surface area contributed by atoms with Crippen molar-refractivity contribution >= 4 is 33.3 Å². The Hall–Kier alpha value is -2.91. The summed E-state index contributed by atoms with van der Waals surface area (Å²) in [5, 5.41) is 2.61. The molecule has 0 saturated carbocycles. The Morgan fingerprint density at radius 3 is 2.20 bits per heavy atom. The first kappa shape index (κ1) is 23.4. The van der Waals surface area contributed by atoms with Crippen LogP contribution in [0.15, 0.2) is 53.4 Å². The molecule has 2 aromatic carbocycles. The van der Waals surface area contributed by atoms with E-state index in [9.17, 15) is 18.0 Å². The number of hydrogen-bond acceptors (Lipinski definition) is 6. The summed E-state index contributed by atoms with van der Waals surface area (Å²) in [7, 11) is 0.101. The summed E-state index contributed by atoms with van der Waals surface area (Å²) in [6.45, 7) is 4.92. The van der Waals surface area contributed by atoms with Gasteiger partial charge in [-0.05, 0) is 63.2 Å². The average molecular weight is 434 g/mol. The minimum atomic E-state index is -3.61. The van der Waals surface area contributed by atoms with Crippen LogP contribution in [0.3, 0.4) is 0 Å². The Morgan fingerprint density at radius 1 is 1.00 bits per heavy atom. The first-order valence-electron chi connectivity index (χ1n) is 9.41. The molecule has 0 aromatic heterocycles. The molecule has 162 valence electrons. The second-order valence-corrected chi connectivity index (χ2v) is 9.00. The maximum Gasteiger partial charge on any atom is 0.338 e.